The van der Waals surface area contributed by atoms with Crippen molar-refractivity contribution in [3.8, 4) is 0 Å². The fourth-order valence-electron chi connectivity index (χ4n) is 6.59. The molecule has 2 bridgehead atoms. The number of carbonyl (C=O) groups excluding carboxylic acids is 3. The standard InChI is InChI=1S/C30H41N3O4S/c1-7-16-31(18-21-12-10-9-11-13-21)26(35)23-22-14-15-30(38-22)24(23)27(36)33(20(3)19-34)25(30)28(37)32(17-8-2)29(4,5)6/h7-13,20,22-25,34H,1-2,14-19H2,3-6H3/t20-,22+,23-,24+,25?,30?/m1/s1. The predicted octanol–water partition coefficient (Wildman–Crippen LogP) is 3.49. The average molecular weight is 540 g/mol. The molecule has 1 aromatic rings. The highest BCUT2D eigenvalue weighted by Gasteiger charge is 2.74. The highest BCUT2D eigenvalue weighted by atomic mass is 32.2. The first-order valence-corrected chi connectivity index (χ1v) is 14.4. The number of amides is 3. The number of nitrogens with zero attached hydrogens (tertiary/aromatic N) is 3. The summed E-state index contributed by atoms with van der Waals surface area (Å²) in [6.07, 6.45) is 4.90. The van der Waals surface area contributed by atoms with E-state index >= 15 is 0 Å². The summed E-state index contributed by atoms with van der Waals surface area (Å²) in [6, 6.07) is 8.54. The maximum atomic E-state index is 14.3. The molecule has 7 nitrogen and oxygen atoms in total. The van der Waals surface area contributed by atoms with Crippen molar-refractivity contribution in [3.63, 3.8) is 0 Å². The molecular weight excluding hydrogens is 498 g/mol. The molecule has 6 atom stereocenters. The van der Waals surface area contributed by atoms with Crippen molar-refractivity contribution in [2.24, 2.45) is 11.8 Å². The lowest BCUT2D eigenvalue weighted by molar-refractivity contribution is -0.148. The van der Waals surface area contributed by atoms with Crippen molar-refractivity contribution >= 4 is 29.5 Å². The predicted molar refractivity (Wildman–Crippen MR) is 151 cm³/mol. The number of hydrogen-bond acceptors (Lipinski definition) is 5. The molecular formula is C30H41N3O4S. The van der Waals surface area contributed by atoms with Gasteiger partial charge in [0.05, 0.1) is 29.2 Å². The van der Waals surface area contributed by atoms with Gasteiger partial charge in [0.2, 0.25) is 17.7 Å². The largest absolute Gasteiger partial charge is 0.394 e. The van der Waals surface area contributed by atoms with Crippen LogP contribution in [-0.4, -0.2) is 84.8 Å². The highest BCUT2D eigenvalue weighted by molar-refractivity contribution is 8.02. The molecule has 2 unspecified atom stereocenters. The highest BCUT2D eigenvalue weighted by Crippen LogP contribution is 2.67. The summed E-state index contributed by atoms with van der Waals surface area (Å²) in [5.41, 5.74) is 0.532. The fourth-order valence-corrected chi connectivity index (χ4v) is 8.78. The summed E-state index contributed by atoms with van der Waals surface area (Å²) >= 11 is 1.65. The van der Waals surface area contributed by atoms with Crippen molar-refractivity contribution < 1.29 is 19.5 Å². The number of likely N-dealkylation sites (tertiary alicyclic amines) is 1. The minimum absolute atomic E-state index is 0.0242. The molecule has 1 N–H and O–H groups in total. The Hall–Kier alpha value is -2.58. The van der Waals surface area contributed by atoms with Crippen LogP contribution in [0.1, 0.15) is 46.1 Å². The molecule has 8 heteroatoms. The van der Waals surface area contributed by atoms with Gasteiger partial charge in [-0.3, -0.25) is 14.4 Å². The maximum Gasteiger partial charge on any atom is 0.247 e. The van der Waals surface area contributed by atoms with Gasteiger partial charge >= 0.3 is 0 Å². The molecule has 0 radical (unpaired) electrons. The van der Waals surface area contributed by atoms with Crippen LogP contribution in [0.3, 0.4) is 0 Å². The van der Waals surface area contributed by atoms with E-state index in [0.717, 1.165) is 12.0 Å². The van der Waals surface area contributed by atoms with Crippen molar-refractivity contribution in [1.29, 1.82) is 0 Å². The number of rotatable bonds is 10. The number of aliphatic hydroxyl groups is 1. The third-order valence-electron chi connectivity index (χ3n) is 8.26. The second kappa shape index (κ2) is 10.9. The van der Waals surface area contributed by atoms with Crippen molar-refractivity contribution in [3.05, 3.63) is 61.2 Å². The van der Waals surface area contributed by atoms with E-state index in [9.17, 15) is 19.5 Å². The Bertz CT molecular complexity index is 1090. The van der Waals surface area contributed by atoms with E-state index in [1.54, 1.807) is 45.5 Å². The molecule has 206 valence electrons. The first kappa shape index (κ1) is 28.4. The number of hydrogen-bond donors (Lipinski definition) is 1. The van der Waals surface area contributed by atoms with E-state index in [4.69, 9.17) is 0 Å². The van der Waals surface area contributed by atoms with Crippen LogP contribution in [-0.2, 0) is 20.9 Å². The molecule has 3 saturated heterocycles. The minimum Gasteiger partial charge on any atom is -0.394 e. The van der Waals surface area contributed by atoms with Crippen LogP contribution in [0.15, 0.2) is 55.6 Å². The number of fused-ring (bicyclic) bond motifs is 1. The summed E-state index contributed by atoms with van der Waals surface area (Å²) in [5, 5.41) is 10.1. The second-order valence-corrected chi connectivity index (χ2v) is 13.3. The van der Waals surface area contributed by atoms with Crippen LogP contribution in [0, 0.1) is 11.8 Å². The van der Waals surface area contributed by atoms with Gasteiger partial charge in [0.25, 0.3) is 0 Å². The molecule has 3 heterocycles. The van der Waals surface area contributed by atoms with Gasteiger partial charge in [0.1, 0.15) is 6.04 Å². The first-order chi connectivity index (χ1) is 18.0. The van der Waals surface area contributed by atoms with Crippen molar-refractivity contribution in [2.45, 2.75) is 74.7 Å². The van der Waals surface area contributed by atoms with Crippen LogP contribution in [0.5, 0.6) is 0 Å². The second-order valence-electron chi connectivity index (χ2n) is 11.7. The number of thioether (sulfide) groups is 1. The summed E-state index contributed by atoms with van der Waals surface area (Å²) in [6.45, 7) is 16.3. The van der Waals surface area contributed by atoms with Gasteiger partial charge in [0, 0.05) is 30.4 Å². The lowest BCUT2D eigenvalue weighted by Crippen LogP contribution is -2.60. The Labute approximate surface area is 230 Å². The molecule has 38 heavy (non-hydrogen) atoms. The number of carbonyl (C=O) groups is 3. The smallest absolute Gasteiger partial charge is 0.247 e. The Balaban J connectivity index is 1.74. The zero-order chi connectivity index (χ0) is 27.8. The zero-order valence-corrected chi connectivity index (χ0v) is 23.8. The summed E-state index contributed by atoms with van der Waals surface area (Å²) in [7, 11) is 0. The SMILES string of the molecule is C=CCN(Cc1ccccc1)C(=O)[C@@H]1[C@@H]2CCC3(S2)C(C(=O)N(CC=C)C(C)(C)C)N([C@H](C)CO)C(=O)[C@H]13. The van der Waals surface area contributed by atoms with E-state index in [1.807, 2.05) is 51.1 Å². The third-order valence-corrected chi connectivity index (χ3v) is 10.2. The fraction of sp³-hybridized carbons (Fsp3) is 0.567. The molecule has 3 amide bonds. The number of benzene rings is 1. The van der Waals surface area contributed by atoms with E-state index in [2.05, 4.69) is 13.2 Å². The molecule has 3 fully saturated rings. The molecule has 3 aliphatic heterocycles. The van der Waals surface area contributed by atoms with Gasteiger partial charge < -0.3 is 19.8 Å². The molecule has 0 aliphatic carbocycles. The molecule has 4 rings (SSSR count). The lowest BCUT2D eigenvalue weighted by Gasteiger charge is -2.43. The van der Waals surface area contributed by atoms with Gasteiger partial charge in [-0.25, -0.2) is 0 Å². The summed E-state index contributed by atoms with van der Waals surface area (Å²) in [5.74, 6) is -1.51. The monoisotopic (exact) mass is 539 g/mol. The average Bonchev–Trinajstić information content (AvgIpc) is 3.53. The Kier molecular flexibility index (Phi) is 8.15. The maximum absolute atomic E-state index is 14.3. The third kappa shape index (κ3) is 4.70. The molecule has 0 aromatic heterocycles. The van der Waals surface area contributed by atoms with Gasteiger partial charge in [0.15, 0.2) is 0 Å². The quantitative estimate of drug-likeness (QED) is 0.461. The van der Waals surface area contributed by atoms with E-state index in [0.29, 0.717) is 26.1 Å². The van der Waals surface area contributed by atoms with Gasteiger partial charge in [-0.15, -0.1) is 24.9 Å². The van der Waals surface area contributed by atoms with Crippen LogP contribution < -0.4 is 0 Å². The van der Waals surface area contributed by atoms with E-state index in [-0.39, 0.29) is 29.6 Å². The first-order valence-electron chi connectivity index (χ1n) is 13.5. The normalized spacial score (nSPS) is 28.7. The Morgan fingerprint density at radius 1 is 1.18 bits per heavy atom. The van der Waals surface area contributed by atoms with Gasteiger partial charge in [-0.1, -0.05) is 42.5 Å². The van der Waals surface area contributed by atoms with E-state index < -0.39 is 34.2 Å². The zero-order valence-electron chi connectivity index (χ0n) is 23.0. The van der Waals surface area contributed by atoms with Crippen LogP contribution in [0.2, 0.25) is 0 Å². The van der Waals surface area contributed by atoms with Crippen molar-refractivity contribution in [2.75, 3.05) is 19.7 Å². The summed E-state index contributed by atoms with van der Waals surface area (Å²) in [4.78, 5) is 47.8. The number of aliphatic hydroxyl groups excluding tert-OH is 1. The van der Waals surface area contributed by atoms with Crippen LogP contribution >= 0.6 is 11.8 Å². The Morgan fingerprint density at radius 3 is 2.42 bits per heavy atom. The van der Waals surface area contributed by atoms with Crippen LogP contribution in [0.4, 0.5) is 0 Å². The van der Waals surface area contributed by atoms with Crippen molar-refractivity contribution in [1.82, 2.24) is 14.7 Å². The molecule has 1 spiro atoms. The molecule has 3 aliphatic rings. The van der Waals surface area contributed by atoms with E-state index in [1.165, 1.54) is 0 Å². The Morgan fingerprint density at radius 2 is 1.84 bits per heavy atom. The summed E-state index contributed by atoms with van der Waals surface area (Å²) < 4.78 is -0.695. The topological polar surface area (TPSA) is 81.2 Å². The minimum atomic E-state index is -0.740. The van der Waals surface area contributed by atoms with Gasteiger partial charge in [-0.05, 0) is 46.1 Å². The van der Waals surface area contributed by atoms with Gasteiger partial charge in [-0.2, -0.15) is 0 Å². The molecule has 0 saturated carbocycles. The molecule has 1 aromatic carbocycles. The van der Waals surface area contributed by atoms with Crippen LogP contribution in [0.25, 0.3) is 0 Å². The lowest BCUT2D eigenvalue weighted by atomic mass is 9.70.